The van der Waals surface area contributed by atoms with Gasteiger partial charge in [-0.15, -0.1) is 0 Å². The zero-order chi connectivity index (χ0) is 19.1. The molecule has 2 amide bonds. The predicted octanol–water partition coefficient (Wildman–Crippen LogP) is 4.20. The van der Waals surface area contributed by atoms with Crippen LogP contribution in [0.2, 0.25) is 0 Å². The van der Waals surface area contributed by atoms with Gasteiger partial charge in [0.25, 0.3) is 5.91 Å². The highest BCUT2D eigenvalue weighted by Crippen LogP contribution is 2.27. The molecule has 27 heavy (non-hydrogen) atoms. The number of amides is 2. The molecule has 1 aliphatic rings. The van der Waals surface area contributed by atoms with E-state index in [1.165, 1.54) is 25.7 Å². The summed E-state index contributed by atoms with van der Waals surface area (Å²) in [4.78, 5) is 26.8. The SMILES string of the molecule is O=C(CNC(=O)c1ccc(Br)cc1)Nc1ccccc1N1CCCCCC1. The highest BCUT2D eigenvalue weighted by atomic mass is 79.9. The fraction of sp³-hybridized carbons (Fsp3) is 0.333. The van der Waals surface area contributed by atoms with Gasteiger partial charge in [-0.3, -0.25) is 9.59 Å². The normalized spacial score (nSPS) is 14.3. The maximum absolute atomic E-state index is 12.4. The van der Waals surface area contributed by atoms with Crippen LogP contribution in [0.1, 0.15) is 36.0 Å². The Morgan fingerprint density at radius 1 is 0.926 bits per heavy atom. The third-order valence-electron chi connectivity index (χ3n) is 4.64. The monoisotopic (exact) mass is 429 g/mol. The number of nitrogens with one attached hydrogen (secondary N) is 2. The van der Waals surface area contributed by atoms with Gasteiger partial charge in [0.05, 0.1) is 17.9 Å². The first-order valence-corrected chi connectivity index (χ1v) is 10.1. The van der Waals surface area contributed by atoms with E-state index < -0.39 is 0 Å². The summed E-state index contributed by atoms with van der Waals surface area (Å²) in [6.07, 6.45) is 4.86. The quantitative estimate of drug-likeness (QED) is 0.748. The fourth-order valence-corrected chi connectivity index (χ4v) is 3.49. The van der Waals surface area contributed by atoms with E-state index >= 15 is 0 Å². The summed E-state index contributed by atoms with van der Waals surface area (Å²) in [5, 5.41) is 5.61. The molecule has 0 atom stereocenters. The summed E-state index contributed by atoms with van der Waals surface area (Å²) in [6.45, 7) is 1.95. The highest BCUT2D eigenvalue weighted by molar-refractivity contribution is 9.10. The Balaban J connectivity index is 1.59. The van der Waals surface area contributed by atoms with Gasteiger partial charge < -0.3 is 15.5 Å². The molecule has 0 unspecified atom stereocenters. The van der Waals surface area contributed by atoms with Crippen molar-refractivity contribution < 1.29 is 9.59 Å². The van der Waals surface area contributed by atoms with Crippen LogP contribution in [0.3, 0.4) is 0 Å². The van der Waals surface area contributed by atoms with Crippen LogP contribution < -0.4 is 15.5 Å². The molecule has 2 N–H and O–H groups in total. The lowest BCUT2D eigenvalue weighted by Gasteiger charge is -2.25. The van der Waals surface area contributed by atoms with E-state index in [1.54, 1.807) is 24.3 Å². The molecule has 3 rings (SSSR count). The molecule has 0 aliphatic carbocycles. The van der Waals surface area contributed by atoms with E-state index in [0.29, 0.717) is 5.56 Å². The van der Waals surface area contributed by atoms with Crippen molar-refractivity contribution in [1.82, 2.24) is 5.32 Å². The maximum atomic E-state index is 12.4. The Morgan fingerprint density at radius 3 is 2.30 bits per heavy atom. The maximum Gasteiger partial charge on any atom is 0.251 e. The van der Waals surface area contributed by atoms with Crippen molar-refractivity contribution in [2.75, 3.05) is 29.9 Å². The van der Waals surface area contributed by atoms with Crippen molar-refractivity contribution in [3.05, 3.63) is 58.6 Å². The van der Waals surface area contributed by atoms with Gasteiger partial charge in [0, 0.05) is 23.1 Å². The molecule has 0 spiro atoms. The molecule has 1 heterocycles. The summed E-state index contributed by atoms with van der Waals surface area (Å²) in [5.41, 5.74) is 2.37. The van der Waals surface area contributed by atoms with E-state index in [-0.39, 0.29) is 18.4 Å². The van der Waals surface area contributed by atoms with E-state index in [0.717, 1.165) is 28.9 Å². The van der Waals surface area contributed by atoms with Gasteiger partial charge in [-0.05, 0) is 49.2 Å². The lowest BCUT2D eigenvalue weighted by atomic mass is 10.2. The molecule has 142 valence electrons. The van der Waals surface area contributed by atoms with Gasteiger partial charge in [-0.25, -0.2) is 0 Å². The summed E-state index contributed by atoms with van der Waals surface area (Å²) >= 11 is 3.34. The molecule has 1 fully saturated rings. The Hall–Kier alpha value is -2.34. The van der Waals surface area contributed by atoms with E-state index in [4.69, 9.17) is 0 Å². The number of hydrogen-bond acceptors (Lipinski definition) is 3. The zero-order valence-corrected chi connectivity index (χ0v) is 16.8. The summed E-state index contributed by atoms with van der Waals surface area (Å²) < 4.78 is 0.905. The van der Waals surface area contributed by atoms with Gasteiger partial charge in [0.2, 0.25) is 5.91 Å². The molecule has 5 nitrogen and oxygen atoms in total. The van der Waals surface area contributed by atoms with Crippen molar-refractivity contribution in [1.29, 1.82) is 0 Å². The minimum Gasteiger partial charge on any atom is -0.370 e. The van der Waals surface area contributed by atoms with Gasteiger partial charge in [0.1, 0.15) is 0 Å². The third-order valence-corrected chi connectivity index (χ3v) is 5.17. The number of hydrogen-bond donors (Lipinski definition) is 2. The third kappa shape index (κ3) is 5.57. The van der Waals surface area contributed by atoms with Gasteiger partial charge in [-0.1, -0.05) is 40.9 Å². The smallest absolute Gasteiger partial charge is 0.251 e. The topological polar surface area (TPSA) is 61.4 Å². The number of benzene rings is 2. The van der Waals surface area contributed by atoms with Gasteiger partial charge in [-0.2, -0.15) is 0 Å². The fourth-order valence-electron chi connectivity index (χ4n) is 3.22. The van der Waals surface area contributed by atoms with Crippen molar-refractivity contribution >= 4 is 39.1 Å². The second kappa shape index (κ2) is 9.55. The lowest BCUT2D eigenvalue weighted by molar-refractivity contribution is -0.115. The molecule has 0 radical (unpaired) electrons. The second-order valence-electron chi connectivity index (χ2n) is 6.66. The molecule has 2 aromatic rings. The molecule has 0 saturated carbocycles. The Labute approximate surface area is 168 Å². The van der Waals surface area contributed by atoms with E-state index in [2.05, 4.69) is 31.5 Å². The molecule has 1 saturated heterocycles. The molecule has 0 bridgehead atoms. The number of halogens is 1. The van der Waals surface area contributed by atoms with Crippen LogP contribution in [0, 0.1) is 0 Å². The summed E-state index contributed by atoms with van der Waals surface area (Å²) in [6, 6.07) is 14.9. The van der Waals surface area contributed by atoms with Crippen molar-refractivity contribution in [2.45, 2.75) is 25.7 Å². The van der Waals surface area contributed by atoms with Crippen LogP contribution in [0.4, 0.5) is 11.4 Å². The minimum absolute atomic E-state index is 0.0662. The van der Waals surface area contributed by atoms with Crippen molar-refractivity contribution in [3.8, 4) is 0 Å². The molecule has 0 aromatic heterocycles. The van der Waals surface area contributed by atoms with Gasteiger partial charge in [0.15, 0.2) is 0 Å². The average molecular weight is 430 g/mol. The molecule has 6 heteroatoms. The van der Waals surface area contributed by atoms with Gasteiger partial charge >= 0.3 is 0 Å². The summed E-state index contributed by atoms with van der Waals surface area (Å²) in [7, 11) is 0. The average Bonchev–Trinajstić information content (AvgIpc) is 2.96. The predicted molar refractivity (Wildman–Crippen MR) is 112 cm³/mol. The van der Waals surface area contributed by atoms with Crippen molar-refractivity contribution in [3.63, 3.8) is 0 Å². The Bertz CT molecular complexity index is 784. The molecular formula is C21H24BrN3O2. The second-order valence-corrected chi connectivity index (χ2v) is 7.57. The number of nitrogens with zero attached hydrogens (tertiary/aromatic N) is 1. The number of carbonyl (C=O) groups excluding carboxylic acids is 2. The zero-order valence-electron chi connectivity index (χ0n) is 15.2. The van der Waals surface area contributed by atoms with Crippen LogP contribution in [-0.4, -0.2) is 31.4 Å². The standard InChI is InChI=1S/C21H24BrN3O2/c22-17-11-9-16(10-12-17)21(27)23-15-20(26)24-18-7-3-4-8-19(18)25-13-5-1-2-6-14-25/h3-4,7-12H,1-2,5-6,13-15H2,(H,23,27)(H,24,26). The van der Waals surface area contributed by atoms with E-state index in [1.807, 2.05) is 24.3 Å². The van der Waals surface area contributed by atoms with E-state index in [9.17, 15) is 9.59 Å². The Kier molecular flexibility index (Phi) is 6.87. The van der Waals surface area contributed by atoms with Crippen LogP contribution in [-0.2, 0) is 4.79 Å². The Morgan fingerprint density at radius 2 is 1.59 bits per heavy atom. The van der Waals surface area contributed by atoms with Crippen LogP contribution in [0.25, 0.3) is 0 Å². The minimum atomic E-state index is -0.265. The number of rotatable bonds is 5. The van der Waals surface area contributed by atoms with Crippen LogP contribution in [0.5, 0.6) is 0 Å². The number of para-hydroxylation sites is 2. The van der Waals surface area contributed by atoms with Crippen LogP contribution >= 0.6 is 15.9 Å². The molecule has 2 aromatic carbocycles. The number of carbonyl (C=O) groups is 2. The largest absolute Gasteiger partial charge is 0.370 e. The highest BCUT2D eigenvalue weighted by Gasteiger charge is 2.15. The van der Waals surface area contributed by atoms with Crippen LogP contribution in [0.15, 0.2) is 53.0 Å². The molecule has 1 aliphatic heterocycles. The molecular weight excluding hydrogens is 406 g/mol. The first kappa shape index (κ1) is 19.4. The summed E-state index contributed by atoms with van der Waals surface area (Å²) in [5.74, 6) is -0.499. The first-order valence-electron chi connectivity index (χ1n) is 9.31. The lowest BCUT2D eigenvalue weighted by Crippen LogP contribution is -2.33. The van der Waals surface area contributed by atoms with Crippen molar-refractivity contribution in [2.24, 2.45) is 0 Å². The number of anilines is 2. The first-order chi connectivity index (χ1) is 13.1.